The highest BCUT2D eigenvalue weighted by Crippen LogP contribution is 2.28. The summed E-state index contributed by atoms with van der Waals surface area (Å²) >= 11 is 0. The molecule has 2 aromatic carbocycles. The van der Waals surface area contributed by atoms with Crippen LogP contribution in [0, 0.1) is 10.1 Å². The van der Waals surface area contributed by atoms with Crippen molar-refractivity contribution < 1.29 is 14.5 Å². The molecule has 0 fully saturated rings. The molecule has 3 rings (SSSR count). The smallest absolute Gasteiger partial charge is 0.311 e. The quantitative estimate of drug-likeness (QED) is 0.456. The van der Waals surface area contributed by atoms with Gasteiger partial charge in [0.25, 0.3) is 11.5 Å². The maximum Gasteiger partial charge on any atom is 0.311 e. The van der Waals surface area contributed by atoms with Crippen molar-refractivity contribution in [2.45, 2.75) is 20.0 Å². The molecule has 0 saturated carbocycles. The average Bonchev–Trinajstić information content (AvgIpc) is 2.75. The zero-order valence-electron chi connectivity index (χ0n) is 16.4. The van der Waals surface area contributed by atoms with Crippen LogP contribution < -0.4 is 15.6 Å². The first-order chi connectivity index (χ1) is 14.5. The van der Waals surface area contributed by atoms with E-state index in [0.29, 0.717) is 13.2 Å². The minimum absolute atomic E-state index is 0.0710. The number of aromatic nitrogens is 1. The third-order valence-electron chi connectivity index (χ3n) is 4.45. The van der Waals surface area contributed by atoms with Crippen molar-refractivity contribution >= 4 is 11.6 Å². The normalized spacial score (nSPS) is 10.4. The first kappa shape index (κ1) is 20.8. The van der Waals surface area contributed by atoms with Crippen LogP contribution in [0.3, 0.4) is 0 Å². The van der Waals surface area contributed by atoms with Gasteiger partial charge in [-0.2, -0.15) is 0 Å². The number of carbonyl (C=O) groups is 1. The number of carbonyl (C=O) groups excluding carboxylic acids is 1. The molecule has 8 nitrogen and oxygen atoms in total. The molecule has 154 valence electrons. The number of nitro benzene ring substituents is 1. The average molecular weight is 407 g/mol. The number of rotatable bonds is 8. The summed E-state index contributed by atoms with van der Waals surface area (Å²) in [5.41, 5.74) is 1.70. The second kappa shape index (κ2) is 9.51. The zero-order valence-corrected chi connectivity index (χ0v) is 16.4. The molecule has 0 aliphatic carbocycles. The molecule has 1 N–H and O–H groups in total. The number of pyridine rings is 1. The van der Waals surface area contributed by atoms with Crippen molar-refractivity contribution in [2.24, 2.45) is 0 Å². The van der Waals surface area contributed by atoms with Crippen molar-refractivity contribution in [3.63, 3.8) is 0 Å². The molecule has 0 unspecified atom stereocenters. The Balaban J connectivity index is 1.63. The van der Waals surface area contributed by atoms with Crippen LogP contribution in [-0.4, -0.2) is 22.0 Å². The Hall–Kier alpha value is -3.94. The van der Waals surface area contributed by atoms with Crippen molar-refractivity contribution in [3.8, 4) is 5.75 Å². The highest BCUT2D eigenvalue weighted by molar-refractivity contribution is 5.95. The molecule has 1 aromatic heterocycles. The van der Waals surface area contributed by atoms with Gasteiger partial charge in [0.1, 0.15) is 0 Å². The number of hydrogen-bond donors (Lipinski definition) is 1. The van der Waals surface area contributed by atoms with Crippen LogP contribution in [0.25, 0.3) is 0 Å². The Morgan fingerprint density at radius 3 is 2.50 bits per heavy atom. The van der Waals surface area contributed by atoms with Gasteiger partial charge in [0, 0.05) is 30.4 Å². The van der Waals surface area contributed by atoms with Gasteiger partial charge in [0.2, 0.25) is 0 Å². The number of hydrogen-bond acceptors (Lipinski definition) is 5. The lowest BCUT2D eigenvalue weighted by molar-refractivity contribution is -0.385. The topological polar surface area (TPSA) is 103 Å². The predicted molar refractivity (Wildman–Crippen MR) is 112 cm³/mol. The van der Waals surface area contributed by atoms with Gasteiger partial charge in [-0.1, -0.05) is 30.3 Å². The lowest BCUT2D eigenvalue weighted by Gasteiger charge is -2.09. The molecule has 0 radical (unpaired) electrons. The molecule has 0 atom stereocenters. The molecular formula is C22H21N3O5. The van der Waals surface area contributed by atoms with Crippen molar-refractivity contribution in [3.05, 3.63) is 104 Å². The van der Waals surface area contributed by atoms with E-state index in [9.17, 15) is 19.7 Å². The van der Waals surface area contributed by atoms with E-state index in [4.69, 9.17) is 4.74 Å². The van der Waals surface area contributed by atoms with Crippen LogP contribution in [-0.2, 0) is 13.1 Å². The third kappa shape index (κ3) is 5.11. The van der Waals surface area contributed by atoms with Crippen LogP contribution in [0.4, 0.5) is 5.69 Å². The molecular weight excluding hydrogens is 386 g/mol. The van der Waals surface area contributed by atoms with Gasteiger partial charge in [0.15, 0.2) is 5.75 Å². The van der Waals surface area contributed by atoms with E-state index >= 15 is 0 Å². The second-order valence-corrected chi connectivity index (χ2v) is 6.54. The fourth-order valence-electron chi connectivity index (χ4n) is 2.91. The Morgan fingerprint density at radius 2 is 1.83 bits per heavy atom. The summed E-state index contributed by atoms with van der Waals surface area (Å²) in [7, 11) is 0. The van der Waals surface area contributed by atoms with E-state index in [0.717, 1.165) is 11.1 Å². The molecule has 0 saturated heterocycles. The summed E-state index contributed by atoms with van der Waals surface area (Å²) in [6, 6.07) is 16.7. The third-order valence-corrected chi connectivity index (χ3v) is 4.45. The first-order valence-corrected chi connectivity index (χ1v) is 9.40. The van der Waals surface area contributed by atoms with E-state index < -0.39 is 10.8 Å². The molecule has 0 spiro atoms. The molecule has 1 heterocycles. The fraction of sp³-hybridized carbons (Fsp3) is 0.182. The molecule has 1 amide bonds. The summed E-state index contributed by atoms with van der Waals surface area (Å²) in [4.78, 5) is 34.8. The summed E-state index contributed by atoms with van der Waals surface area (Å²) in [6.07, 6.45) is 1.73. The molecule has 8 heteroatoms. The fourth-order valence-corrected chi connectivity index (χ4v) is 2.91. The highest BCUT2D eigenvalue weighted by Gasteiger charge is 2.18. The predicted octanol–water partition coefficient (Wildman–Crippen LogP) is 3.13. The van der Waals surface area contributed by atoms with Gasteiger partial charge in [-0.05, 0) is 36.2 Å². The van der Waals surface area contributed by atoms with Crippen molar-refractivity contribution in [1.29, 1.82) is 0 Å². The van der Waals surface area contributed by atoms with Gasteiger partial charge in [-0.25, -0.2) is 0 Å². The molecule has 0 aliphatic heterocycles. The molecule has 30 heavy (non-hydrogen) atoms. The SMILES string of the molecule is CCOc1ccc(C(=O)NCc2ccc(Cn3ccccc3=O)cc2)cc1[N+](=O)[O-]. The summed E-state index contributed by atoms with van der Waals surface area (Å²) in [6.45, 7) is 2.75. The first-order valence-electron chi connectivity index (χ1n) is 9.40. The molecule has 3 aromatic rings. The largest absolute Gasteiger partial charge is 0.487 e. The summed E-state index contributed by atoms with van der Waals surface area (Å²) in [5, 5.41) is 14.0. The van der Waals surface area contributed by atoms with Crippen LogP contribution in [0.5, 0.6) is 5.75 Å². The van der Waals surface area contributed by atoms with E-state index in [1.54, 1.807) is 29.8 Å². The van der Waals surface area contributed by atoms with Crippen molar-refractivity contribution in [1.82, 2.24) is 9.88 Å². The van der Waals surface area contributed by atoms with Gasteiger partial charge in [-0.3, -0.25) is 19.7 Å². The maximum atomic E-state index is 12.4. The standard InChI is InChI=1S/C22H21N3O5/c1-2-30-20-11-10-18(13-19(20)25(28)29)22(27)23-14-16-6-8-17(9-7-16)15-24-12-4-3-5-21(24)26/h3-13H,2,14-15H2,1H3,(H,23,27). The minimum atomic E-state index is -0.571. The summed E-state index contributed by atoms with van der Waals surface area (Å²) in [5.74, 6) is -0.284. The minimum Gasteiger partial charge on any atom is -0.487 e. The highest BCUT2D eigenvalue weighted by atomic mass is 16.6. The van der Waals surface area contributed by atoms with E-state index in [2.05, 4.69) is 5.32 Å². The van der Waals surface area contributed by atoms with Crippen LogP contribution in [0.15, 0.2) is 71.7 Å². The van der Waals surface area contributed by atoms with Gasteiger partial charge in [-0.15, -0.1) is 0 Å². The Kier molecular flexibility index (Phi) is 6.59. The lowest BCUT2D eigenvalue weighted by atomic mass is 10.1. The monoisotopic (exact) mass is 407 g/mol. The number of ether oxygens (including phenoxy) is 1. The Morgan fingerprint density at radius 1 is 1.10 bits per heavy atom. The number of nitrogens with one attached hydrogen (secondary N) is 1. The van der Waals surface area contributed by atoms with Crippen LogP contribution >= 0.6 is 0 Å². The number of amides is 1. The molecule has 0 aliphatic rings. The van der Waals surface area contributed by atoms with E-state index in [-0.39, 0.29) is 29.1 Å². The van der Waals surface area contributed by atoms with Crippen LogP contribution in [0.1, 0.15) is 28.4 Å². The van der Waals surface area contributed by atoms with Gasteiger partial charge < -0.3 is 14.6 Å². The second-order valence-electron chi connectivity index (χ2n) is 6.54. The van der Waals surface area contributed by atoms with Gasteiger partial charge in [0.05, 0.1) is 18.1 Å². The maximum absolute atomic E-state index is 12.4. The van der Waals surface area contributed by atoms with Crippen molar-refractivity contribution in [2.75, 3.05) is 6.61 Å². The van der Waals surface area contributed by atoms with Crippen LogP contribution in [0.2, 0.25) is 0 Å². The molecule has 0 bridgehead atoms. The van der Waals surface area contributed by atoms with E-state index in [1.165, 1.54) is 24.3 Å². The number of nitrogens with zero attached hydrogens (tertiary/aromatic N) is 2. The lowest BCUT2D eigenvalue weighted by Crippen LogP contribution is -2.23. The number of benzene rings is 2. The van der Waals surface area contributed by atoms with E-state index in [1.807, 2.05) is 24.3 Å². The number of nitro groups is 1. The Bertz CT molecular complexity index is 1110. The Labute approximate surface area is 172 Å². The van der Waals surface area contributed by atoms with Gasteiger partial charge >= 0.3 is 5.69 Å². The zero-order chi connectivity index (χ0) is 21.5. The summed E-state index contributed by atoms with van der Waals surface area (Å²) < 4.78 is 6.84.